The molecule has 3 N–H and O–H groups in total. The Labute approximate surface area is 222 Å². The van der Waals surface area contributed by atoms with Crippen molar-refractivity contribution in [3.8, 4) is 0 Å². The molecule has 2 aromatic heterocycles. The summed E-state index contributed by atoms with van der Waals surface area (Å²) in [6, 6.07) is 0. The van der Waals surface area contributed by atoms with Gasteiger partial charge in [-0.25, -0.2) is 19.9 Å². The summed E-state index contributed by atoms with van der Waals surface area (Å²) in [6.45, 7) is 7.70. The van der Waals surface area contributed by atoms with Crippen LogP contribution in [0.1, 0.15) is 39.5 Å². The molecule has 8 nitrogen and oxygen atoms in total. The van der Waals surface area contributed by atoms with Gasteiger partial charge in [0, 0.05) is 13.1 Å². The standard InChI is InChI=1S/C11H16ClN3O.C7H15NO.C4H2Cl2N2.ClH/c1-8(16)9-2-4-15(5-3-9)11-13-6-10(12)7-14-11;1-6(9)7-2-4-8-5-3-7;5-3-1-7-4(6)8-2-3;/h6-9,16H,2-5H2,1H3;6-9H,2-5H2,1H3;1-2H;1H. The maximum absolute atomic E-state index is 9.50. The van der Waals surface area contributed by atoms with Gasteiger partial charge >= 0.3 is 0 Å². The van der Waals surface area contributed by atoms with Gasteiger partial charge in [0.2, 0.25) is 11.2 Å². The van der Waals surface area contributed by atoms with Gasteiger partial charge in [-0.1, -0.05) is 23.2 Å². The molecule has 0 bridgehead atoms. The van der Waals surface area contributed by atoms with Gasteiger partial charge in [0.1, 0.15) is 0 Å². The molecule has 2 aliphatic heterocycles. The number of aromatic nitrogens is 4. The number of nitrogens with zero attached hydrogens (tertiary/aromatic N) is 5. The van der Waals surface area contributed by atoms with E-state index in [0.29, 0.717) is 21.9 Å². The second kappa shape index (κ2) is 16.6. The van der Waals surface area contributed by atoms with Crippen LogP contribution in [0.2, 0.25) is 15.3 Å². The average Bonchev–Trinajstić information content (AvgIpc) is 2.83. The van der Waals surface area contributed by atoms with E-state index in [0.717, 1.165) is 57.8 Å². The van der Waals surface area contributed by atoms with Crippen LogP contribution in [0.3, 0.4) is 0 Å². The molecule has 2 unspecified atom stereocenters. The van der Waals surface area contributed by atoms with Crippen LogP contribution in [0, 0.1) is 11.8 Å². The van der Waals surface area contributed by atoms with E-state index in [2.05, 4.69) is 30.2 Å². The van der Waals surface area contributed by atoms with Crippen molar-refractivity contribution >= 4 is 53.2 Å². The lowest BCUT2D eigenvalue weighted by atomic mass is 9.92. The van der Waals surface area contributed by atoms with Gasteiger partial charge in [-0.2, -0.15) is 0 Å². The minimum Gasteiger partial charge on any atom is -0.393 e. The second-order valence-corrected chi connectivity index (χ2v) is 9.48. The maximum Gasteiger partial charge on any atom is 0.225 e. The van der Waals surface area contributed by atoms with Crippen LogP contribution in [0.4, 0.5) is 5.95 Å². The number of halogens is 4. The lowest BCUT2D eigenvalue weighted by Gasteiger charge is -2.33. The molecule has 0 aromatic carbocycles. The van der Waals surface area contributed by atoms with Crippen molar-refractivity contribution in [3.05, 3.63) is 40.1 Å². The number of rotatable bonds is 3. The Morgan fingerprint density at radius 3 is 1.59 bits per heavy atom. The van der Waals surface area contributed by atoms with E-state index in [4.69, 9.17) is 39.9 Å². The van der Waals surface area contributed by atoms with Gasteiger partial charge in [-0.3, -0.25) is 0 Å². The summed E-state index contributed by atoms with van der Waals surface area (Å²) in [5.41, 5.74) is 0. The average molecular weight is 556 g/mol. The first-order valence-corrected chi connectivity index (χ1v) is 12.3. The number of nitrogens with one attached hydrogen (secondary N) is 1. The molecule has 0 spiro atoms. The number of aliphatic hydroxyl groups is 2. The van der Waals surface area contributed by atoms with Gasteiger partial charge in [0.25, 0.3) is 0 Å². The topological polar surface area (TPSA) is 107 Å². The third-order valence-electron chi connectivity index (χ3n) is 5.77. The highest BCUT2D eigenvalue weighted by Gasteiger charge is 2.23. The molecule has 0 aliphatic carbocycles. The van der Waals surface area contributed by atoms with Gasteiger partial charge in [0.05, 0.1) is 47.0 Å². The SMILES string of the molecule is CC(O)C1CCN(c2ncc(Cl)cn2)CC1.CC(O)C1CCNCC1.Cl.Clc1cnc(Cl)nc1. The number of piperidine rings is 2. The predicted octanol–water partition coefficient (Wildman–Crippen LogP) is 4.30. The van der Waals surface area contributed by atoms with E-state index < -0.39 is 0 Å². The van der Waals surface area contributed by atoms with E-state index in [9.17, 15) is 5.11 Å². The number of hydrogen-bond donors (Lipinski definition) is 3. The molecular weight excluding hydrogens is 522 g/mol. The Morgan fingerprint density at radius 1 is 0.794 bits per heavy atom. The van der Waals surface area contributed by atoms with Gasteiger partial charge in [-0.05, 0) is 76.1 Å². The fourth-order valence-electron chi connectivity index (χ4n) is 3.67. The van der Waals surface area contributed by atoms with Crippen LogP contribution in [0.25, 0.3) is 0 Å². The highest BCUT2D eigenvalue weighted by molar-refractivity contribution is 6.31. The lowest BCUT2D eigenvalue weighted by molar-refractivity contribution is 0.105. The normalized spacial score (nSPS) is 18.4. The molecule has 4 heterocycles. The summed E-state index contributed by atoms with van der Waals surface area (Å²) in [6.07, 6.45) is 10.0. The van der Waals surface area contributed by atoms with E-state index in [1.54, 1.807) is 12.4 Å². The summed E-state index contributed by atoms with van der Waals surface area (Å²) in [5, 5.41) is 23.2. The van der Waals surface area contributed by atoms with Crippen LogP contribution >= 0.6 is 47.2 Å². The minimum absolute atomic E-state index is 0. The van der Waals surface area contributed by atoms with Crippen LogP contribution < -0.4 is 10.2 Å². The summed E-state index contributed by atoms with van der Waals surface area (Å²) < 4.78 is 0. The van der Waals surface area contributed by atoms with Crippen molar-refractivity contribution in [2.75, 3.05) is 31.1 Å². The molecule has 12 heteroatoms. The first kappa shape index (κ1) is 31.0. The quantitative estimate of drug-likeness (QED) is 0.481. The van der Waals surface area contributed by atoms with Crippen LogP contribution in [0.15, 0.2) is 24.8 Å². The molecule has 192 valence electrons. The molecule has 0 amide bonds. The number of aliphatic hydroxyl groups excluding tert-OH is 2. The van der Waals surface area contributed by atoms with E-state index in [1.807, 2.05) is 13.8 Å². The molecule has 2 aliphatic rings. The molecular formula is C22H34Cl4N6O2. The second-order valence-electron chi connectivity index (χ2n) is 8.26. The van der Waals surface area contributed by atoms with Crippen LogP contribution in [0.5, 0.6) is 0 Å². The molecule has 2 saturated heterocycles. The fraction of sp³-hybridized carbons (Fsp3) is 0.636. The zero-order valence-electron chi connectivity index (χ0n) is 19.4. The first-order chi connectivity index (χ1) is 15.8. The summed E-state index contributed by atoms with van der Waals surface area (Å²) in [5.74, 6) is 1.68. The van der Waals surface area contributed by atoms with Crippen LogP contribution in [-0.2, 0) is 0 Å². The first-order valence-electron chi connectivity index (χ1n) is 11.2. The zero-order valence-corrected chi connectivity index (χ0v) is 22.5. The molecule has 0 saturated carbocycles. The monoisotopic (exact) mass is 554 g/mol. The Hall–Kier alpha value is -1.00. The highest BCUT2D eigenvalue weighted by atomic mass is 35.5. The summed E-state index contributed by atoms with van der Waals surface area (Å²) in [7, 11) is 0. The van der Waals surface area contributed by atoms with Gasteiger partial charge in [-0.15, -0.1) is 12.4 Å². The van der Waals surface area contributed by atoms with E-state index >= 15 is 0 Å². The molecule has 2 aromatic rings. The Bertz CT molecular complexity index is 764. The van der Waals surface area contributed by atoms with Gasteiger partial charge in [0.15, 0.2) is 0 Å². The van der Waals surface area contributed by atoms with Crippen molar-refractivity contribution in [3.63, 3.8) is 0 Å². The minimum atomic E-state index is -0.215. The van der Waals surface area contributed by atoms with Crippen LogP contribution in [-0.4, -0.2) is 68.5 Å². The number of hydrogen-bond acceptors (Lipinski definition) is 8. The smallest absolute Gasteiger partial charge is 0.225 e. The largest absolute Gasteiger partial charge is 0.393 e. The predicted molar refractivity (Wildman–Crippen MR) is 140 cm³/mol. The third kappa shape index (κ3) is 11.6. The molecule has 4 rings (SSSR count). The van der Waals surface area contributed by atoms with E-state index in [1.165, 1.54) is 12.4 Å². The van der Waals surface area contributed by atoms with Crippen molar-refractivity contribution in [1.29, 1.82) is 0 Å². The van der Waals surface area contributed by atoms with E-state index in [-0.39, 0.29) is 29.9 Å². The summed E-state index contributed by atoms with van der Waals surface area (Å²) in [4.78, 5) is 17.7. The Morgan fingerprint density at radius 2 is 1.21 bits per heavy atom. The van der Waals surface area contributed by atoms with Crippen molar-refractivity contribution in [1.82, 2.24) is 25.3 Å². The number of anilines is 1. The van der Waals surface area contributed by atoms with Gasteiger partial charge < -0.3 is 20.4 Å². The lowest BCUT2D eigenvalue weighted by Crippen LogP contribution is -2.37. The Kier molecular flexibility index (Phi) is 15.2. The van der Waals surface area contributed by atoms with Crippen molar-refractivity contribution < 1.29 is 10.2 Å². The third-order valence-corrected chi connectivity index (χ3v) is 6.35. The summed E-state index contributed by atoms with van der Waals surface area (Å²) >= 11 is 16.5. The fourth-order valence-corrected chi connectivity index (χ4v) is 3.97. The molecule has 2 atom stereocenters. The Balaban J connectivity index is 0.000000274. The highest BCUT2D eigenvalue weighted by Crippen LogP contribution is 2.23. The molecule has 0 radical (unpaired) electrons. The van der Waals surface area contributed by atoms with Crippen molar-refractivity contribution in [2.45, 2.75) is 51.7 Å². The zero-order chi connectivity index (χ0) is 24.2. The van der Waals surface area contributed by atoms with Crippen molar-refractivity contribution in [2.24, 2.45) is 11.8 Å². The maximum atomic E-state index is 9.50. The molecule has 2 fully saturated rings. The molecule has 34 heavy (non-hydrogen) atoms.